The van der Waals surface area contributed by atoms with E-state index in [1.807, 2.05) is 21.1 Å². The Kier molecular flexibility index (Phi) is 66.8. The second-order valence-electron chi connectivity index (χ2n) is 26.7. The van der Waals surface area contributed by atoms with Gasteiger partial charge in [-0.15, -0.1) is 0 Å². The predicted molar refractivity (Wildman–Crippen MR) is 381 cm³/mol. The van der Waals surface area contributed by atoms with Crippen LogP contribution in [0.3, 0.4) is 0 Å². The normalized spacial score (nSPS) is 13.5. The van der Waals surface area contributed by atoms with Crippen molar-refractivity contribution in [2.24, 2.45) is 0 Å². The van der Waals surface area contributed by atoms with Crippen LogP contribution in [0.5, 0.6) is 0 Å². The molecule has 0 aromatic heterocycles. The number of hydrogen-bond donors (Lipinski definition) is 1. The van der Waals surface area contributed by atoms with Crippen molar-refractivity contribution in [3.05, 3.63) is 72.9 Å². The number of unbranched alkanes of at least 4 members (excludes halogenated alkanes) is 44. The number of quaternary nitrogens is 1. The van der Waals surface area contributed by atoms with E-state index in [9.17, 15) is 19.0 Å². The molecule has 0 aromatic rings. The summed E-state index contributed by atoms with van der Waals surface area (Å²) in [6.45, 7) is 4.37. The molecule has 10 heteroatoms. The lowest BCUT2D eigenvalue weighted by molar-refractivity contribution is -0.870. The lowest BCUT2D eigenvalue weighted by Gasteiger charge is -2.24. The number of allylic oxidation sites excluding steroid dienone is 12. The van der Waals surface area contributed by atoms with E-state index < -0.39 is 26.5 Å². The molecule has 0 heterocycles. The van der Waals surface area contributed by atoms with Gasteiger partial charge in [0, 0.05) is 12.8 Å². The number of esters is 2. The van der Waals surface area contributed by atoms with Crippen molar-refractivity contribution in [1.82, 2.24) is 0 Å². The number of phosphoric ester groups is 1. The zero-order valence-electron chi connectivity index (χ0n) is 58.7. The number of carbonyl (C=O) groups is 2. The molecule has 0 radical (unpaired) electrons. The molecule has 0 spiro atoms. The quantitative estimate of drug-likeness (QED) is 0.0211. The highest BCUT2D eigenvalue weighted by molar-refractivity contribution is 7.47. The van der Waals surface area contributed by atoms with Gasteiger partial charge < -0.3 is 18.9 Å². The van der Waals surface area contributed by atoms with E-state index in [4.69, 9.17) is 18.5 Å². The van der Waals surface area contributed by atoms with Crippen molar-refractivity contribution in [2.45, 2.75) is 367 Å². The van der Waals surface area contributed by atoms with E-state index >= 15 is 0 Å². The monoisotopic (exact) mass is 1260 g/mol. The van der Waals surface area contributed by atoms with Crippen LogP contribution in [0.15, 0.2) is 72.9 Å². The van der Waals surface area contributed by atoms with Crippen LogP contribution in [0.25, 0.3) is 0 Å². The van der Waals surface area contributed by atoms with E-state index in [-0.39, 0.29) is 25.6 Å². The molecular formula is C78H145NO8P+. The minimum atomic E-state index is -4.39. The van der Waals surface area contributed by atoms with Crippen LogP contribution >= 0.6 is 7.82 Å². The van der Waals surface area contributed by atoms with Crippen LogP contribution in [-0.4, -0.2) is 74.9 Å². The summed E-state index contributed by atoms with van der Waals surface area (Å²) in [7, 11) is 1.49. The second kappa shape index (κ2) is 68.8. The van der Waals surface area contributed by atoms with Crippen molar-refractivity contribution in [3.8, 4) is 0 Å². The second-order valence-corrected chi connectivity index (χ2v) is 28.1. The van der Waals surface area contributed by atoms with Crippen LogP contribution in [-0.2, 0) is 32.7 Å². The molecule has 2 unspecified atom stereocenters. The van der Waals surface area contributed by atoms with Crippen molar-refractivity contribution in [3.63, 3.8) is 0 Å². The van der Waals surface area contributed by atoms with Crippen LogP contribution < -0.4 is 0 Å². The van der Waals surface area contributed by atoms with Gasteiger partial charge in [0.2, 0.25) is 0 Å². The minimum absolute atomic E-state index is 0.0329. The number of nitrogens with zero attached hydrogens (tertiary/aromatic N) is 1. The van der Waals surface area contributed by atoms with Crippen molar-refractivity contribution < 1.29 is 42.1 Å². The highest BCUT2D eigenvalue weighted by Crippen LogP contribution is 2.43. The third kappa shape index (κ3) is 72.5. The Morgan fingerprint density at radius 2 is 0.648 bits per heavy atom. The number of ether oxygens (including phenoxy) is 2. The van der Waals surface area contributed by atoms with Gasteiger partial charge in [-0.2, -0.15) is 0 Å². The molecule has 0 saturated carbocycles. The third-order valence-corrected chi connectivity index (χ3v) is 17.7. The highest BCUT2D eigenvalue weighted by atomic mass is 31.2. The topological polar surface area (TPSA) is 108 Å². The molecule has 514 valence electrons. The summed E-state index contributed by atoms with van der Waals surface area (Å²) in [4.78, 5) is 35.9. The Morgan fingerprint density at radius 1 is 0.364 bits per heavy atom. The smallest absolute Gasteiger partial charge is 0.462 e. The van der Waals surface area contributed by atoms with Gasteiger partial charge in [0.15, 0.2) is 6.10 Å². The molecule has 0 aromatic carbocycles. The lowest BCUT2D eigenvalue weighted by Crippen LogP contribution is -2.37. The van der Waals surface area contributed by atoms with Gasteiger partial charge in [-0.25, -0.2) is 4.57 Å². The van der Waals surface area contributed by atoms with Gasteiger partial charge >= 0.3 is 19.8 Å². The van der Waals surface area contributed by atoms with E-state index in [1.165, 1.54) is 263 Å². The van der Waals surface area contributed by atoms with Gasteiger partial charge in [-0.1, -0.05) is 337 Å². The molecule has 0 aliphatic heterocycles. The first-order valence-corrected chi connectivity index (χ1v) is 39.2. The van der Waals surface area contributed by atoms with Crippen LogP contribution in [0, 0.1) is 0 Å². The molecule has 0 amide bonds. The first-order valence-electron chi connectivity index (χ1n) is 37.7. The van der Waals surface area contributed by atoms with E-state index in [0.29, 0.717) is 23.9 Å². The molecular weight excluding hydrogens is 1110 g/mol. The average molecular weight is 1260 g/mol. The highest BCUT2D eigenvalue weighted by Gasteiger charge is 2.27. The van der Waals surface area contributed by atoms with Gasteiger partial charge in [-0.3, -0.25) is 18.6 Å². The first-order chi connectivity index (χ1) is 43.0. The largest absolute Gasteiger partial charge is 0.472 e. The van der Waals surface area contributed by atoms with Crippen LogP contribution in [0.1, 0.15) is 361 Å². The SMILES string of the molecule is CC/C=C\C/C=C\C/C=C\C/C=C\CCCCCCCCCCCCCCCCCCCCCCCCC(=O)OC(COC(=O)CCCCCCCCCCCCCCCCCCC/C=C\C/C=C\CCCCCCC)COP(=O)(O)OCC[N+](C)(C)C. The summed E-state index contributed by atoms with van der Waals surface area (Å²) in [5, 5.41) is 0. The zero-order chi connectivity index (χ0) is 64.1. The van der Waals surface area contributed by atoms with Crippen LogP contribution in [0.4, 0.5) is 0 Å². The summed E-state index contributed by atoms with van der Waals surface area (Å²) in [6.07, 6.45) is 93.2. The number of rotatable bonds is 70. The maximum Gasteiger partial charge on any atom is 0.472 e. The Bertz CT molecular complexity index is 1710. The number of carbonyl (C=O) groups excluding carboxylic acids is 2. The van der Waals surface area contributed by atoms with Gasteiger partial charge in [0.25, 0.3) is 0 Å². The lowest BCUT2D eigenvalue weighted by atomic mass is 10.0. The molecule has 0 saturated heterocycles. The van der Waals surface area contributed by atoms with Crippen molar-refractivity contribution in [2.75, 3.05) is 47.5 Å². The summed E-state index contributed by atoms with van der Waals surface area (Å²) in [6, 6.07) is 0. The molecule has 0 aliphatic carbocycles. The summed E-state index contributed by atoms with van der Waals surface area (Å²) < 4.78 is 34.8. The summed E-state index contributed by atoms with van der Waals surface area (Å²) in [5.41, 5.74) is 0. The molecule has 9 nitrogen and oxygen atoms in total. The third-order valence-electron chi connectivity index (χ3n) is 16.7. The van der Waals surface area contributed by atoms with E-state index in [2.05, 4.69) is 86.8 Å². The Balaban J connectivity index is 3.96. The van der Waals surface area contributed by atoms with Gasteiger partial charge in [0.1, 0.15) is 19.8 Å². The van der Waals surface area contributed by atoms with Gasteiger partial charge in [-0.05, 0) is 83.5 Å². The summed E-state index contributed by atoms with van der Waals surface area (Å²) in [5.74, 6) is -0.778. The van der Waals surface area contributed by atoms with Gasteiger partial charge in [0.05, 0.1) is 27.7 Å². The maximum atomic E-state index is 12.9. The fourth-order valence-corrected chi connectivity index (χ4v) is 11.7. The number of phosphoric acid groups is 1. The molecule has 0 bridgehead atoms. The average Bonchev–Trinajstić information content (AvgIpc) is 3.57. The summed E-state index contributed by atoms with van der Waals surface area (Å²) >= 11 is 0. The predicted octanol–water partition coefficient (Wildman–Crippen LogP) is 24.7. The minimum Gasteiger partial charge on any atom is -0.462 e. The molecule has 88 heavy (non-hydrogen) atoms. The molecule has 0 fully saturated rings. The number of hydrogen-bond acceptors (Lipinski definition) is 7. The molecule has 2 atom stereocenters. The Hall–Kier alpha value is -2.55. The Morgan fingerprint density at radius 3 is 0.966 bits per heavy atom. The van der Waals surface area contributed by atoms with Crippen LogP contribution in [0.2, 0.25) is 0 Å². The fraction of sp³-hybridized carbons (Fsp3) is 0.821. The molecule has 0 aliphatic rings. The maximum absolute atomic E-state index is 12.9. The van der Waals surface area contributed by atoms with E-state index in [1.54, 1.807) is 0 Å². The van der Waals surface area contributed by atoms with Crippen molar-refractivity contribution in [1.29, 1.82) is 0 Å². The number of likely N-dealkylation sites (N-methyl/N-ethyl adjacent to an activating group) is 1. The Labute approximate surface area is 546 Å². The fourth-order valence-electron chi connectivity index (χ4n) is 11.0. The zero-order valence-corrected chi connectivity index (χ0v) is 59.6. The van der Waals surface area contributed by atoms with Crippen molar-refractivity contribution >= 4 is 19.8 Å². The molecule has 1 N–H and O–H groups in total. The first kappa shape index (κ1) is 85.5. The molecule has 0 rings (SSSR count). The van der Waals surface area contributed by atoms with E-state index in [0.717, 1.165) is 64.2 Å². The standard InChI is InChI=1S/C78H144NO8P/c1-6-8-10-12-14-16-18-20-22-24-26-28-30-32-34-36-37-38-39-40-41-43-45-47-49-51-53-55-57-59-61-63-65-67-69-71-78(81)87-76(75-86-88(82,83)85-73-72-79(3,4)5)74-84-77(80)70-68-66-64-62-60-58-56-54-52-50-48-46-44-42-35-33-31-29-27-25-23-21-19-17-15-13-11-9-7-2/h8,10,14,16,19-22,25-28,76H,6-7,9,11-13,15,17-18,23-24,29-75H2,1-5H3/p+1/b10-8-,16-14-,21-19-,22-20-,27-25-,28-26-.